The predicted octanol–water partition coefficient (Wildman–Crippen LogP) is 3.94. The Balaban J connectivity index is 1.54. The van der Waals surface area contributed by atoms with E-state index in [0.29, 0.717) is 11.1 Å². The Kier molecular flexibility index (Phi) is 5.32. The number of hydroxylamine groups is 2. The molecular formula is C27H21ClF2N2O6. The number of nitrogens with zero attached hydrogens (tertiary/aromatic N) is 2. The molecule has 38 heavy (non-hydrogen) atoms. The van der Waals surface area contributed by atoms with Crippen LogP contribution in [-0.2, 0) is 19.2 Å². The lowest BCUT2D eigenvalue weighted by Crippen LogP contribution is -2.48. The molecule has 11 heteroatoms. The van der Waals surface area contributed by atoms with Crippen LogP contribution in [0.4, 0.5) is 14.5 Å². The highest BCUT2D eigenvalue weighted by Crippen LogP contribution is 2.63. The van der Waals surface area contributed by atoms with E-state index < -0.39 is 76.0 Å². The SMILES string of the molecule is C[C@@]12C(=O)N(c3ccc(F)c(Cl)c3)C(=O)[C@@H]1C[C@@H]1C(=CC[C@@H]3C(=O)N(O)C(=O)[C@@H]31)[C@@H]2c1ccc(O)c(F)c1. The lowest BCUT2D eigenvalue weighted by atomic mass is 9.51. The minimum Gasteiger partial charge on any atom is -0.505 e. The van der Waals surface area contributed by atoms with Crippen molar-refractivity contribution in [3.63, 3.8) is 0 Å². The van der Waals surface area contributed by atoms with Crippen molar-refractivity contribution < 1.29 is 38.3 Å². The molecule has 0 spiro atoms. The number of benzene rings is 2. The molecule has 196 valence electrons. The van der Waals surface area contributed by atoms with Crippen LogP contribution in [0.5, 0.6) is 5.75 Å². The first kappa shape index (κ1) is 24.7. The Morgan fingerprint density at radius 3 is 2.39 bits per heavy atom. The lowest BCUT2D eigenvalue weighted by Gasteiger charge is -2.49. The van der Waals surface area contributed by atoms with Gasteiger partial charge < -0.3 is 5.11 Å². The summed E-state index contributed by atoms with van der Waals surface area (Å²) in [5.74, 6) is -9.28. The smallest absolute Gasteiger partial charge is 0.257 e. The fourth-order valence-electron chi connectivity index (χ4n) is 6.95. The maximum Gasteiger partial charge on any atom is 0.257 e. The number of carbonyl (C=O) groups is 4. The van der Waals surface area contributed by atoms with E-state index in [1.54, 1.807) is 13.0 Å². The van der Waals surface area contributed by atoms with Crippen LogP contribution in [0.2, 0.25) is 5.02 Å². The van der Waals surface area contributed by atoms with Crippen LogP contribution in [0.25, 0.3) is 0 Å². The van der Waals surface area contributed by atoms with Gasteiger partial charge in [0.15, 0.2) is 11.6 Å². The van der Waals surface area contributed by atoms with Crippen LogP contribution in [-0.4, -0.2) is 39.0 Å². The molecule has 0 bridgehead atoms. The molecule has 2 aromatic rings. The van der Waals surface area contributed by atoms with Gasteiger partial charge in [0, 0.05) is 5.92 Å². The molecule has 6 rings (SSSR count). The Morgan fingerprint density at radius 2 is 1.71 bits per heavy atom. The average Bonchev–Trinajstić information content (AvgIpc) is 3.22. The van der Waals surface area contributed by atoms with E-state index >= 15 is 0 Å². The number of halogens is 3. The third-order valence-electron chi connectivity index (χ3n) is 8.72. The largest absolute Gasteiger partial charge is 0.505 e. The third-order valence-corrected chi connectivity index (χ3v) is 9.01. The summed E-state index contributed by atoms with van der Waals surface area (Å²) in [5, 5.41) is 19.7. The second-order valence-corrected chi connectivity index (χ2v) is 10.9. The zero-order chi connectivity index (χ0) is 27.3. The molecule has 0 radical (unpaired) electrons. The van der Waals surface area contributed by atoms with Crippen LogP contribution in [0.3, 0.4) is 0 Å². The fraction of sp³-hybridized carbons (Fsp3) is 0.333. The standard InChI is InChI=1S/C27H21ClF2N2O6/c1-27-16(24(35)31(26(27)37)12-3-6-18(29)17(28)9-12)10-15-13(22(27)11-2-7-20(33)19(30)8-11)4-5-14-21(15)25(36)32(38)23(14)34/h2-4,6-9,14-16,21-22,33,38H,5,10H2,1H3/t14-,15+,16-,21-,22-,27+/m0/s1. The van der Waals surface area contributed by atoms with Gasteiger partial charge in [0.1, 0.15) is 5.82 Å². The van der Waals surface area contributed by atoms with Crippen LogP contribution in [0.1, 0.15) is 31.2 Å². The van der Waals surface area contributed by atoms with Crippen molar-refractivity contribution in [2.45, 2.75) is 25.7 Å². The Hall–Kier alpha value is -3.63. The van der Waals surface area contributed by atoms with E-state index in [4.69, 9.17) is 11.6 Å². The van der Waals surface area contributed by atoms with Crippen LogP contribution < -0.4 is 4.90 Å². The highest BCUT2D eigenvalue weighted by atomic mass is 35.5. The van der Waals surface area contributed by atoms with Gasteiger partial charge >= 0.3 is 0 Å². The average molecular weight is 543 g/mol. The highest BCUT2D eigenvalue weighted by Gasteiger charge is 2.67. The summed E-state index contributed by atoms with van der Waals surface area (Å²) in [7, 11) is 0. The van der Waals surface area contributed by atoms with E-state index in [1.165, 1.54) is 18.2 Å². The summed E-state index contributed by atoms with van der Waals surface area (Å²) >= 11 is 5.94. The number of amides is 4. The van der Waals surface area contributed by atoms with Gasteiger partial charge in [-0.15, -0.1) is 0 Å². The molecule has 6 atom stereocenters. The Labute approximate surface area is 220 Å². The molecule has 2 N–H and O–H groups in total. The van der Waals surface area contributed by atoms with Gasteiger partial charge in [-0.05, 0) is 61.6 Å². The van der Waals surface area contributed by atoms with Crippen molar-refractivity contribution >= 4 is 40.9 Å². The van der Waals surface area contributed by atoms with Crippen LogP contribution in [0, 0.1) is 40.7 Å². The van der Waals surface area contributed by atoms with Crippen molar-refractivity contribution in [2.24, 2.45) is 29.1 Å². The molecule has 0 aromatic heterocycles. The minimum absolute atomic E-state index is 0.0312. The summed E-state index contributed by atoms with van der Waals surface area (Å²) in [5.41, 5.74) is -0.478. The number of rotatable bonds is 2. The van der Waals surface area contributed by atoms with Gasteiger partial charge in [0.05, 0.1) is 33.9 Å². The van der Waals surface area contributed by atoms with Crippen LogP contribution >= 0.6 is 11.6 Å². The Morgan fingerprint density at radius 1 is 0.974 bits per heavy atom. The number of allylic oxidation sites excluding steroid dienone is 2. The summed E-state index contributed by atoms with van der Waals surface area (Å²) in [6.45, 7) is 1.60. The molecule has 0 unspecified atom stereocenters. The van der Waals surface area contributed by atoms with Gasteiger partial charge in [-0.3, -0.25) is 24.4 Å². The van der Waals surface area contributed by atoms with E-state index in [-0.39, 0.29) is 28.6 Å². The highest BCUT2D eigenvalue weighted by molar-refractivity contribution is 6.31. The van der Waals surface area contributed by atoms with E-state index in [9.17, 15) is 38.3 Å². The van der Waals surface area contributed by atoms with Crippen molar-refractivity contribution in [2.75, 3.05) is 4.90 Å². The number of phenolic OH excluding ortho intramolecular Hbond substituents is 1. The fourth-order valence-corrected chi connectivity index (χ4v) is 7.13. The monoisotopic (exact) mass is 542 g/mol. The van der Waals surface area contributed by atoms with Crippen LogP contribution in [0.15, 0.2) is 48.0 Å². The summed E-state index contributed by atoms with van der Waals surface area (Å²) < 4.78 is 28.4. The molecule has 4 amide bonds. The molecule has 2 saturated heterocycles. The number of hydrogen-bond donors (Lipinski definition) is 2. The van der Waals surface area contributed by atoms with Crippen molar-refractivity contribution in [3.8, 4) is 5.75 Å². The number of anilines is 1. The quantitative estimate of drug-likeness (QED) is 0.337. The molecule has 2 aromatic carbocycles. The number of phenols is 1. The molecule has 2 aliphatic heterocycles. The molecule has 2 aliphatic carbocycles. The van der Waals surface area contributed by atoms with E-state index in [1.807, 2.05) is 0 Å². The predicted molar refractivity (Wildman–Crippen MR) is 128 cm³/mol. The second kappa shape index (κ2) is 8.18. The second-order valence-electron chi connectivity index (χ2n) is 10.5. The van der Waals surface area contributed by atoms with Gasteiger partial charge in [-0.25, -0.2) is 13.7 Å². The van der Waals surface area contributed by atoms with Crippen molar-refractivity contribution in [3.05, 3.63) is 70.3 Å². The molecular weight excluding hydrogens is 522 g/mol. The normalized spacial score (nSPS) is 32.3. The molecule has 2 heterocycles. The molecule has 3 fully saturated rings. The summed E-state index contributed by atoms with van der Waals surface area (Å²) in [6.07, 6.45) is 1.89. The Bertz CT molecular complexity index is 1490. The topological polar surface area (TPSA) is 115 Å². The first-order valence-electron chi connectivity index (χ1n) is 12.0. The maximum atomic E-state index is 14.6. The number of fused-ring (bicyclic) bond motifs is 4. The zero-order valence-corrected chi connectivity index (χ0v) is 20.7. The summed E-state index contributed by atoms with van der Waals surface area (Å²) in [4.78, 5) is 54.4. The number of carbonyl (C=O) groups excluding carboxylic acids is 4. The minimum atomic E-state index is -1.44. The number of aromatic hydroxyl groups is 1. The first-order valence-corrected chi connectivity index (χ1v) is 12.4. The number of hydrogen-bond acceptors (Lipinski definition) is 6. The maximum absolute atomic E-state index is 14.6. The van der Waals surface area contributed by atoms with E-state index in [0.717, 1.165) is 23.1 Å². The summed E-state index contributed by atoms with van der Waals surface area (Å²) in [6, 6.07) is 7.17. The molecule has 8 nitrogen and oxygen atoms in total. The third kappa shape index (κ3) is 3.10. The van der Waals surface area contributed by atoms with Gasteiger partial charge in [0.25, 0.3) is 11.8 Å². The van der Waals surface area contributed by atoms with Crippen molar-refractivity contribution in [1.29, 1.82) is 0 Å². The van der Waals surface area contributed by atoms with E-state index in [2.05, 4.69) is 0 Å². The number of imide groups is 2. The molecule has 1 saturated carbocycles. The van der Waals surface area contributed by atoms with Gasteiger partial charge in [0.2, 0.25) is 11.8 Å². The first-order chi connectivity index (χ1) is 18.0. The molecule has 4 aliphatic rings. The van der Waals surface area contributed by atoms with Crippen molar-refractivity contribution in [1.82, 2.24) is 5.06 Å². The van der Waals surface area contributed by atoms with Gasteiger partial charge in [-0.1, -0.05) is 29.3 Å². The zero-order valence-electron chi connectivity index (χ0n) is 19.9. The van der Waals surface area contributed by atoms with Gasteiger partial charge in [-0.2, -0.15) is 5.06 Å². The lowest BCUT2D eigenvalue weighted by molar-refractivity contribution is -0.173.